The summed E-state index contributed by atoms with van der Waals surface area (Å²) in [5, 5.41) is 2.91. The first-order valence-electron chi connectivity index (χ1n) is 9.87. The van der Waals surface area contributed by atoms with Crippen LogP contribution in [0.15, 0.2) is 79.5 Å². The molecule has 0 atom stereocenters. The predicted molar refractivity (Wildman–Crippen MR) is 117 cm³/mol. The molecule has 1 N–H and O–H groups in total. The number of aromatic nitrogens is 1. The molecule has 1 aromatic heterocycles. The normalized spacial score (nSPS) is 10.5. The lowest BCUT2D eigenvalue weighted by Gasteiger charge is -2.23. The van der Waals surface area contributed by atoms with E-state index in [0.29, 0.717) is 31.9 Å². The van der Waals surface area contributed by atoms with Crippen molar-refractivity contribution in [3.63, 3.8) is 0 Å². The fraction of sp³-hybridized carbons (Fsp3) is 0.208. The van der Waals surface area contributed by atoms with Gasteiger partial charge in [-0.1, -0.05) is 18.2 Å². The molecule has 3 aromatic rings. The molecule has 30 heavy (non-hydrogen) atoms. The molecule has 0 aliphatic rings. The number of nitrogens with zero attached hydrogens (tertiary/aromatic N) is 2. The Kier molecular flexibility index (Phi) is 7.27. The molecule has 5 nitrogen and oxygen atoms in total. The summed E-state index contributed by atoms with van der Waals surface area (Å²) in [7, 11) is 0. The number of nitrogens with one attached hydrogen (secondary N) is 1. The predicted octanol–water partition coefficient (Wildman–Crippen LogP) is 5.29. The van der Waals surface area contributed by atoms with Gasteiger partial charge in [-0.2, -0.15) is 0 Å². The quantitative estimate of drug-likeness (QED) is 0.490. The number of carbonyl (C=O) groups is 1. The van der Waals surface area contributed by atoms with E-state index in [1.54, 1.807) is 17.0 Å². The van der Waals surface area contributed by atoms with Gasteiger partial charge in [0.2, 0.25) is 0 Å². The van der Waals surface area contributed by atoms with Crippen LogP contribution in [0.5, 0.6) is 5.75 Å². The molecule has 0 bridgehead atoms. The molecule has 2 aromatic carbocycles. The summed E-state index contributed by atoms with van der Waals surface area (Å²) in [6.07, 6.45) is 3.62. The van der Waals surface area contributed by atoms with E-state index < -0.39 is 0 Å². The molecule has 0 unspecified atom stereocenters. The highest BCUT2D eigenvalue weighted by atomic mass is 19.1. The summed E-state index contributed by atoms with van der Waals surface area (Å²) < 4.78 is 20.9. The lowest BCUT2D eigenvalue weighted by Crippen LogP contribution is -2.35. The first-order chi connectivity index (χ1) is 14.6. The Balaban J connectivity index is 1.69. The van der Waals surface area contributed by atoms with Gasteiger partial charge in [0.1, 0.15) is 11.6 Å². The molecule has 2 amide bonds. The van der Waals surface area contributed by atoms with E-state index in [0.717, 1.165) is 17.0 Å². The number of benzene rings is 2. The Hall–Kier alpha value is -3.54. The summed E-state index contributed by atoms with van der Waals surface area (Å²) in [4.78, 5) is 14.5. The SMILES string of the molecule is C=CCN(Cc1cccn1Cc1cccc(F)c1)C(=O)Nc1ccc(OCC)cc1. The third-order valence-electron chi connectivity index (χ3n) is 4.57. The van der Waals surface area contributed by atoms with Gasteiger partial charge in [-0.3, -0.25) is 0 Å². The molecule has 0 saturated carbocycles. The van der Waals surface area contributed by atoms with Gasteiger partial charge in [-0.05, 0) is 61.0 Å². The smallest absolute Gasteiger partial charge is 0.322 e. The van der Waals surface area contributed by atoms with E-state index in [2.05, 4.69) is 11.9 Å². The topological polar surface area (TPSA) is 46.5 Å². The Morgan fingerprint density at radius 1 is 1.20 bits per heavy atom. The van der Waals surface area contributed by atoms with Crippen molar-refractivity contribution in [2.24, 2.45) is 0 Å². The number of urea groups is 1. The molecule has 3 rings (SSSR count). The molecule has 0 aliphatic carbocycles. The lowest BCUT2D eigenvalue weighted by molar-refractivity contribution is 0.214. The van der Waals surface area contributed by atoms with Gasteiger partial charge in [0, 0.05) is 30.7 Å². The van der Waals surface area contributed by atoms with Crippen LogP contribution in [0.1, 0.15) is 18.2 Å². The summed E-state index contributed by atoms with van der Waals surface area (Å²) in [5.41, 5.74) is 2.50. The van der Waals surface area contributed by atoms with Crippen LogP contribution in [0.25, 0.3) is 0 Å². The van der Waals surface area contributed by atoms with E-state index in [1.807, 2.05) is 60.2 Å². The second kappa shape index (κ2) is 10.3. The second-order valence-corrected chi connectivity index (χ2v) is 6.81. The zero-order valence-electron chi connectivity index (χ0n) is 17.1. The van der Waals surface area contributed by atoms with E-state index >= 15 is 0 Å². The van der Waals surface area contributed by atoms with E-state index in [1.165, 1.54) is 12.1 Å². The molecule has 0 saturated heterocycles. The number of hydrogen-bond donors (Lipinski definition) is 1. The second-order valence-electron chi connectivity index (χ2n) is 6.81. The fourth-order valence-corrected chi connectivity index (χ4v) is 3.15. The van der Waals surface area contributed by atoms with Gasteiger partial charge in [0.15, 0.2) is 0 Å². The van der Waals surface area contributed by atoms with Gasteiger partial charge in [0.25, 0.3) is 0 Å². The van der Waals surface area contributed by atoms with Gasteiger partial charge < -0.3 is 19.5 Å². The van der Waals surface area contributed by atoms with Crippen LogP contribution in [0.3, 0.4) is 0 Å². The van der Waals surface area contributed by atoms with Crippen molar-refractivity contribution in [3.05, 3.63) is 96.6 Å². The highest BCUT2D eigenvalue weighted by Gasteiger charge is 2.15. The number of rotatable bonds is 9. The summed E-state index contributed by atoms with van der Waals surface area (Å²) >= 11 is 0. The summed E-state index contributed by atoms with van der Waals surface area (Å²) in [6.45, 7) is 7.61. The Bertz CT molecular complexity index is 982. The molecule has 0 spiro atoms. The minimum absolute atomic E-state index is 0.224. The largest absolute Gasteiger partial charge is 0.494 e. The summed E-state index contributed by atoms with van der Waals surface area (Å²) in [5.74, 6) is 0.498. The Morgan fingerprint density at radius 3 is 2.70 bits per heavy atom. The van der Waals surface area contributed by atoms with Crippen LogP contribution in [0.2, 0.25) is 0 Å². The molecular formula is C24H26FN3O2. The summed E-state index contributed by atoms with van der Waals surface area (Å²) in [6, 6.07) is 17.4. The molecule has 0 radical (unpaired) electrons. The van der Waals surface area contributed by atoms with E-state index in [-0.39, 0.29) is 11.8 Å². The van der Waals surface area contributed by atoms with Crippen molar-refractivity contribution >= 4 is 11.7 Å². The standard InChI is InChI=1S/C24H26FN3O2/c1-3-14-28(24(29)26-21-10-12-23(13-11-21)30-4-2)18-22-9-6-15-27(22)17-19-7-5-8-20(25)16-19/h3,5-13,15-16H,1,4,14,17-18H2,2H3,(H,26,29). The van der Waals surface area contributed by atoms with Crippen LogP contribution in [0.4, 0.5) is 14.9 Å². The third-order valence-corrected chi connectivity index (χ3v) is 4.57. The van der Waals surface area contributed by atoms with Crippen molar-refractivity contribution < 1.29 is 13.9 Å². The van der Waals surface area contributed by atoms with Crippen molar-refractivity contribution in [1.82, 2.24) is 9.47 Å². The van der Waals surface area contributed by atoms with Crippen LogP contribution < -0.4 is 10.1 Å². The average Bonchev–Trinajstić information content (AvgIpc) is 3.16. The first kappa shape index (κ1) is 21.2. The van der Waals surface area contributed by atoms with Crippen molar-refractivity contribution in [2.75, 3.05) is 18.5 Å². The van der Waals surface area contributed by atoms with Crippen molar-refractivity contribution in [3.8, 4) is 5.75 Å². The van der Waals surface area contributed by atoms with Crippen LogP contribution >= 0.6 is 0 Å². The highest BCUT2D eigenvalue weighted by molar-refractivity contribution is 5.89. The maximum Gasteiger partial charge on any atom is 0.322 e. The van der Waals surface area contributed by atoms with Gasteiger partial charge in [-0.25, -0.2) is 9.18 Å². The van der Waals surface area contributed by atoms with Crippen molar-refractivity contribution in [1.29, 1.82) is 0 Å². The Labute approximate surface area is 176 Å². The molecule has 1 heterocycles. The number of hydrogen-bond acceptors (Lipinski definition) is 2. The van der Waals surface area contributed by atoms with Crippen molar-refractivity contribution in [2.45, 2.75) is 20.0 Å². The van der Waals surface area contributed by atoms with Gasteiger partial charge >= 0.3 is 6.03 Å². The minimum atomic E-state index is -0.260. The number of carbonyl (C=O) groups excluding carboxylic acids is 1. The fourth-order valence-electron chi connectivity index (χ4n) is 3.15. The molecular weight excluding hydrogens is 381 g/mol. The molecule has 0 fully saturated rings. The van der Waals surface area contributed by atoms with Crippen LogP contribution in [-0.2, 0) is 13.1 Å². The van der Waals surface area contributed by atoms with Crippen LogP contribution in [-0.4, -0.2) is 28.6 Å². The van der Waals surface area contributed by atoms with Gasteiger partial charge in [-0.15, -0.1) is 6.58 Å². The zero-order chi connectivity index (χ0) is 21.3. The lowest BCUT2D eigenvalue weighted by atomic mass is 10.2. The van der Waals surface area contributed by atoms with Gasteiger partial charge in [0.05, 0.1) is 13.2 Å². The van der Waals surface area contributed by atoms with E-state index in [4.69, 9.17) is 4.74 Å². The third kappa shape index (κ3) is 5.73. The number of anilines is 1. The molecule has 156 valence electrons. The zero-order valence-corrected chi connectivity index (χ0v) is 17.1. The van der Waals surface area contributed by atoms with E-state index in [9.17, 15) is 9.18 Å². The Morgan fingerprint density at radius 2 is 2.00 bits per heavy atom. The minimum Gasteiger partial charge on any atom is -0.494 e. The molecule has 0 aliphatic heterocycles. The monoisotopic (exact) mass is 407 g/mol. The van der Waals surface area contributed by atoms with Crippen LogP contribution in [0, 0.1) is 5.82 Å². The maximum absolute atomic E-state index is 13.5. The first-order valence-corrected chi connectivity index (χ1v) is 9.87. The highest BCUT2D eigenvalue weighted by Crippen LogP contribution is 2.17. The average molecular weight is 407 g/mol. The number of ether oxygens (including phenoxy) is 1. The maximum atomic E-state index is 13.5. The molecule has 6 heteroatoms. The number of amides is 2. The number of halogens is 1.